The van der Waals surface area contributed by atoms with Crippen LogP contribution in [-0.2, 0) is 0 Å². The van der Waals surface area contributed by atoms with Crippen molar-refractivity contribution in [2.75, 3.05) is 13.1 Å². The zero-order valence-corrected chi connectivity index (χ0v) is 28.6. The molecule has 0 aliphatic carbocycles. The molecule has 6 heteroatoms. The summed E-state index contributed by atoms with van der Waals surface area (Å²) in [5.74, 6) is 0. The zero-order chi connectivity index (χ0) is 31.2. The van der Waals surface area contributed by atoms with Crippen LogP contribution < -0.4 is 5.32 Å². The van der Waals surface area contributed by atoms with Gasteiger partial charge < -0.3 is 17.3 Å². The molecule has 0 saturated carbocycles. The molecular formula is C36H74BF4N. The number of rotatable bonds is 34. The minimum atomic E-state index is -6.00. The van der Waals surface area contributed by atoms with Gasteiger partial charge in [-0.2, -0.15) is 0 Å². The molecule has 0 N–H and O–H groups in total. The van der Waals surface area contributed by atoms with Gasteiger partial charge in [-0.25, -0.2) is 0 Å². The monoisotopic (exact) mass is 608 g/mol. The second-order valence-corrected chi connectivity index (χ2v) is 12.8. The summed E-state index contributed by atoms with van der Waals surface area (Å²) in [6.45, 7) is 6.85. The Morgan fingerprint density at radius 3 is 0.595 bits per heavy atom. The Labute approximate surface area is 262 Å². The van der Waals surface area contributed by atoms with Crippen molar-refractivity contribution in [3.05, 3.63) is 0 Å². The molecule has 0 aromatic heterocycles. The van der Waals surface area contributed by atoms with Crippen LogP contribution in [0.25, 0.3) is 0 Å². The highest BCUT2D eigenvalue weighted by atomic mass is 19.5. The van der Waals surface area contributed by atoms with E-state index in [1.807, 2.05) is 0 Å². The average Bonchev–Trinajstić information content (AvgIpc) is 2.94. The van der Waals surface area contributed by atoms with E-state index < -0.39 is 7.25 Å². The number of halogens is 4. The second-order valence-electron chi connectivity index (χ2n) is 12.8. The van der Waals surface area contributed by atoms with Crippen LogP contribution in [0.4, 0.5) is 17.3 Å². The van der Waals surface area contributed by atoms with E-state index in [4.69, 9.17) is 5.32 Å². The molecule has 0 atom stereocenters. The Balaban J connectivity index is 0. The van der Waals surface area contributed by atoms with Crippen LogP contribution in [0.5, 0.6) is 0 Å². The molecule has 0 fully saturated rings. The first-order valence-corrected chi connectivity index (χ1v) is 18.9. The summed E-state index contributed by atoms with van der Waals surface area (Å²) < 4.78 is 39.0. The van der Waals surface area contributed by atoms with Gasteiger partial charge in [-0.15, -0.1) is 0 Å². The molecule has 0 aliphatic heterocycles. The highest BCUT2D eigenvalue weighted by Gasteiger charge is 2.20. The average molecular weight is 608 g/mol. The largest absolute Gasteiger partial charge is 0.673 e. The van der Waals surface area contributed by atoms with Gasteiger partial charge in [0.15, 0.2) is 13.1 Å². The predicted molar refractivity (Wildman–Crippen MR) is 181 cm³/mol. The SMILES string of the molecule is CCCCCCCCCCCCCCCCCC[N+]CCCCCCCCCCCCCCCCCC.F[B-](F)(F)F. The summed E-state index contributed by atoms with van der Waals surface area (Å²) in [5.41, 5.74) is 0. The van der Waals surface area contributed by atoms with Crippen molar-refractivity contribution in [1.29, 1.82) is 0 Å². The highest BCUT2D eigenvalue weighted by molar-refractivity contribution is 6.50. The first-order valence-electron chi connectivity index (χ1n) is 18.9. The van der Waals surface area contributed by atoms with Crippen molar-refractivity contribution in [1.82, 2.24) is 5.32 Å². The first kappa shape index (κ1) is 43.9. The van der Waals surface area contributed by atoms with E-state index in [1.54, 1.807) is 0 Å². The Bertz CT molecular complexity index is 422. The number of hydrogen-bond donors (Lipinski definition) is 0. The van der Waals surface area contributed by atoms with Gasteiger partial charge in [0.2, 0.25) is 0 Å². The van der Waals surface area contributed by atoms with E-state index in [-0.39, 0.29) is 0 Å². The number of hydrogen-bond acceptors (Lipinski definition) is 0. The second kappa shape index (κ2) is 38.8. The fourth-order valence-corrected chi connectivity index (χ4v) is 5.66. The van der Waals surface area contributed by atoms with E-state index >= 15 is 0 Å². The van der Waals surface area contributed by atoms with Crippen LogP contribution in [0.2, 0.25) is 0 Å². The molecule has 42 heavy (non-hydrogen) atoms. The summed E-state index contributed by atoms with van der Waals surface area (Å²) in [6, 6.07) is 0. The highest BCUT2D eigenvalue weighted by Crippen LogP contribution is 2.15. The van der Waals surface area contributed by atoms with Crippen molar-refractivity contribution in [2.24, 2.45) is 0 Å². The lowest BCUT2D eigenvalue weighted by molar-refractivity contribution is 0.368. The van der Waals surface area contributed by atoms with Crippen molar-refractivity contribution in [2.45, 2.75) is 219 Å². The van der Waals surface area contributed by atoms with Gasteiger partial charge >= 0.3 is 7.25 Å². The third-order valence-electron chi connectivity index (χ3n) is 8.34. The maximum atomic E-state index is 9.75. The van der Waals surface area contributed by atoms with Crippen LogP contribution in [0.3, 0.4) is 0 Å². The molecule has 2 radical (unpaired) electrons. The lowest BCUT2D eigenvalue weighted by Crippen LogP contribution is -2.08. The topological polar surface area (TPSA) is 14.1 Å². The van der Waals surface area contributed by atoms with Gasteiger partial charge in [0.1, 0.15) is 0 Å². The lowest BCUT2D eigenvalue weighted by atomic mass is 10.0. The van der Waals surface area contributed by atoms with Crippen LogP contribution >= 0.6 is 0 Å². The molecule has 254 valence electrons. The van der Waals surface area contributed by atoms with Crippen molar-refractivity contribution in [3.63, 3.8) is 0 Å². The molecule has 0 unspecified atom stereocenters. The molecule has 0 spiro atoms. The Morgan fingerprint density at radius 1 is 0.286 bits per heavy atom. The fourth-order valence-electron chi connectivity index (χ4n) is 5.66. The third-order valence-corrected chi connectivity index (χ3v) is 8.34. The standard InChI is InChI=1S/C36H74N.BF4/c1-3-5-7-9-11-13-15-17-19-21-23-25-27-29-31-33-35-37-36-34-32-30-28-26-24-22-20-18-16-14-12-10-8-6-4-2;2-1(3,4)5/h3-36H2,1-2H3;/q+1;-1. The van der Waals surface area contributed by atoms with E-state index in [2.05, 4.69) is 13.8 Å². The molecule has 0 aromatic carbocycles. The van der Waals surface area contributed by atoms with Crippen LogP contribution in [-0.4, -0.2) is 20.3 Å². The van der Waals surface area contributed by atoms with Crippen molar-refractivity contribution < 1.29 is 17.3 Å². The van der Waals surface area contributed by atoms with Crippen LogP contribution in [0.15, 0.2) is 0 Å². The van der Waals surface area contributed by atoms with Gasteiger partial charge in [0.25, 0.3) is 0 Å². The first-order chi connectivity index (χ1) is 20.4. The predicted octanol–water partition coefficient (Wildman–Crippen LogP) is 14.4. The lowest BCUT2D eigenvalue weighted by Gasteiger charge is -2.03. The third kappa shape index (κ3) is 52.4. The number of unbranched alkanes of at least 4 members (excludes halogenated alkanes) is 30. The van der Waals surface area contributed by atoms with E-state index in [0.29, 0.717) is 0 Å². The van der Waals surface area contributed by atoms with Crippen LogP contribution in [0, 0.1) is 0 Å². The Kier molecular flexibility index (Phi) is 40.5. The summed E-state index contributed by atoms with van der Waals surface area (Å²) in [5, 5.41) is 4.78. The molecule has 0 amide bonds. The summed E-state index contributed by atoms with van der Waals surface area (Å²) in [4.78, 5) is 0. The van der Waals surface area contributed by atoms with Gasteiger partial charge in [-0.05, 0) is 12.8 Å². The summed E-state index contributed by atoms with van der Waals surface area (Å²) >= 11 is 0. The van der Waals surface area contributed by atoms with E-state index in [9.17, 15) is 17.3 Å². The van der Waals surface area contributed by atoms with Gasteiger partial charge in [-0.3, -0.25) is 0 Å². The molecule has 0 saturated heterocycles. The smallest absolute Gasteiger partial charge is 0.418 e. The molecule has 0 heterocycles. The maximum Gasteiger partial charge on any atom is 0.673 e. The quantitative estimate of drug-likeness (QED) is 0.0392. The maximum absolute atomic E-state index is 9.75. The normalized spacial score (nSPS) is 11.6. The molecule has 0 aromatic rings. The fraction of sp³-hybridized carbons (Fsp3) is 1.00. The molecule has 0 aliphatic rings. The van der Waals surface area contributed by atoms with Crippen molar-refractivity contribution in [3.8, 4) is 0 Å². The molecule has 0 rings (SSSR count). The Hall–Kier alpha value is -0.255. The Morgan fingerprint density at radius 2 is 0.429 bits per heavy atom. The van der Waals surface area contributed by atoms with Crippen molar-refractivity contribution >= 4 is 7.25 Å². The van der Waals surface area contributed by atoms with Gasteiger partial charge in [0, 0.05) is 12.8 Å². The van der Waals surface area contributed by atoms with E-state index in [1.165, 1.54) is 205 Å². The van der Waals surface area contributed by atoms with Gasteiger partial charge in [-0.1, -0.05) is 194 Å². The number of nitrogens with zero attached hydrogens (tertiary/aromatic N) is 1. The van der Waals surface area contributed by atoms with Crippen LogP contribution in [0.1, 0.15) is 219 Å². The summed E-state index contributed by atoms with van der Waals surface area (Å²) in [6.07, 6.45) is 46.4. The van der Waals surface area contributed by atoms with Gasteiger partial charge in [0.05, 0.1) is 5.32 Å². The minimum absolute atomic E-state index is 1.12. The summed E-state index contributed by atoms with van der Waals surface area (Å²) in [7, 11) is -6.00. The molecule has 0 bridgehead atoms. The molecule has 1 nitrogen and oxygen atoms in total. The zero-order valence-electron chi connectivity index (χ0n) is 28.6. The van der Waals surface area contributed by atoms with E-state index in [0.717, 1.165) is 13.1 Å². The minimum Gasteiger partial charge on any atom is -0.418 e. The molecular weight excluding hydrogens is 533 g/mol.